The number of nitro benzene ring substituents is 1. The zero-order valence-corrected chi connectivity index (χ0v) is 15.9. The number of hydrogen-bond acceptors (Lipinski definition) is 5. The van der Waals surface area contributed by atoms with Gasteiger partial charge >= 0.3 is 0 Å². The number of anilines is 1. The number of nitrogens with zero attached hydrogens (tertiary/aromatic N) is 1. The number of non-ortho nitro benzene ring substituents is 1. The maximum Gasteiger partial charge on any atom is 0.270 e. The van der Waals surface area contributed by atoms with Crippen molar-refractivity contribution < 1.29 is 14.5 Å². The summed E-state index contributed by atoms with van der Waals surface area (Å²) in [5.41, 5.74) is 0.618. The van der Waals surface area contributed by atoms with Crippen molar-refractivity contribution in [2.75, 3.05) is 12.4 Å². The van der Waals surface area contributed by atoms with E-state index in [4.69, 9.17) is 28.6 Å². The lowest BCUT2D eigenvalue weighted by Crippen LogP contribution is -2.34. The topological polar surface area (TPSA) is 93.5 Å². The first kappa shape index (κ1) is 19.1. The van der Waals surface area contributed by atoms with Crippen molar-refractivity contribution in [3.8, 4) is 5.75 Å². The average Bonchev–Trinajstić information content (AvgIpc) is 2.56. The Balaban J connectivity index is 2.11. The Bertz CT molecular complexity index is 863. The summed E-state index contributed by atoms with van der Waals surface area (Å²) in [6.45, 7) is 0. The number of hydrogen-bond donors (Lipinski definition) is 2. The first-order chi connectivity index (χ1) is 11.8. The van der Waals surface area contributed by atoms with Gasteiger partial charge in [-0.05, 0) is 52.4 Å². The van der Waals surface area contributed by atoms with E-state index >= 15 is 0 Å². The Morgan fingerprint density at radius 3 is 2.64 bits per heavy atom. The Labute approximate surface area is 161 Å². The van der Waals surface area contributed by atoms with Gasteiger partial charge in [0.05, 0.1) is 23.3 Å². The van der Waals surface area contributed by atoms with Crippen molar-refractivity contribution in [1.29, 1.82) is 0 Å². The summed E-state index contributed by atoms with van der Waals surface area (Å²) < 4.78 is 5.55. The molecule has 0 heterocycles. The van der Waals surface area contributed by atoms with Gasteiger partial charge in [0.15, 0.2) is 5.11 Å². The maximum absolute atomic E-state index is 12.3. The van der Waals surface area contributed by atoms with Gasteiger partial charge in [-0.1, -0.05) is 11.6 Å². The van der Waals surface area contributed by atoms with Crippen molar-refractivity contribution in [3.63, 3.8) is 0 Å². The number of nitrogens with one attached hydrogen (secondary N) is 2. The van der Waals surface area contributed by atoms with Crippen LogP contribution in [0.5, 0.6) is 5.75 Å². The number of methoxy groups -OCH3 is 1. The van der Waals surface area contributed by atoms with Crippen LogP contribution in [0.2, 0.25) is 5.02 Å². The maximum atomic E-state index is 12.3. The molecule has 0 aromatic heterocycles. The Kier molecular flexibility index (Phi) is 6.29. The van der Waals surface area contributed by atoms with E-state index in [9.17, 15) is 14.9 Å². The highest BCUT2D eigenvalue weighted by molar-refractivity contribution is 9.10. The fourth-order valence-electron chi connectivity index (χ4n) is 1.90. The molecule has 0 aliphatic carbocycles. The lowest BCUT2D eigenvalue weighted by atomic mass is 10.2. The predicted molar refractivity (Wildman–Crippen MR) is 102 cm³/mol. The van der Waals surface area contributed by atoms with Gasteiger partial charge < -0.3 is 10.1 Å². The summed E-state index contributed by atoms with van der Waals surface area (Å²) in [6, 6.07) is 8.74. The minimum atomic E-state index is -0.514. The monoisotopic (exact) mass is 443 g/mol. The molecule has 1 amide bonds. The summed E-state index contributed by atoms with van der Waals surface area (Å²) in [5, 5.41) is 16.4. The quantitative estimate of drug-likeness (QED) is 0.418. The number of amides is 1. The highest BCUT2D eigenvalue weighted by Crippen LogP contribution is 2.27. The smallest absolute Gasteiger partial charge is 0.270 e. The summed E-state index contributed by atoms with van der Waals surface area (Å²) in [5.74, 6) is -0.156. The summed E-state index contributed by atoms with van der Waals surface area (Å²) in [7, 11) is 1.44. The molecule has 2 aromatic rings. The number of carbonyl (C=O) groups is 1. The molecule has 25 heavy (non-hydrogen) atoms. The van der Waals surface area contributed by atoms with Gasteiger partial charge in [0, 0.05) is 21.6 Å². The molecule has 0 radical (unpaired) electrons. The molecule has 0 bridgehead atoms. The third-order valence-corrected chi connectivity index (χ3v) is 4.14. The lowest BCUT2D eigenvalue weighted by molar-refractivity contribution is -0.384. The molecule has 0 unspecified atom stereocenters. The first-order valence-corrected chi connectivity index (χ1v) is 8.29. The van der Waals surface area contributed by atoms with E-state index in [1.807, 2.05) is 0 Å². The second kappa shape index (κ2) is 8.24. The number of carbonyl (C=O) groups excluding carboxylic acids is 1. The first-order valence-electron chi connectivity index (χ1n) is 6.71. The van der Waals surface area contributed by atoms with Crippen LogP contribution >= 0.6 is 39.7 Å². The third kappa shape index (κ3) is 4.88. The molecular weight excluding hydrogens is 434 g/mol. The van der Waals surface area contributed by atoms with Crippen molar-refractivity contribution in [1.82, 2.24) is 5.32 Å². The van der Waals surface area contributed by atoms with E-state index in [0.29, 0.717) is 20.9 Å². The molecule has 2 aromatic carbocycles. The van der Waals surface area contributed by atoms with Crippen LogP contribution in [0, 0.1) is 10.1 Å². The summed E-state index contributed by atoms with van der Waals surface area (Å²) in [6.07, 6.45) is 0. The second-order valence-electron chi connectivity index (χ2n) is 4.67. The Morgan fingerprint density at radius 1 is 1.32 bits per heavy atom. The fourth-order valence-corrected chi connectivity index (χ4v) is 2.74. The molecule has 0 saturated heterocycles. The molecule has 2 N–H and O–H groups in total. The van der Waals surface area contributed by atoms with Gasteiger partial charge in [0.1, 0.15) is 5.75 Å². The normalized spacial score (nSPS) is 10.0. The van der Waals surface area contributed by atoms with Crippen LogP contribution in [0.1, 0.15) is 10.4 Å². The fraction of sp³-hybridized carbons (Fsp3) is 0.0667. The Morgan fingerprint density at radius 2 is 2.04 bits per heavy atom. The molecular formula is C15H11BrClN3O4S. The molecule has 2 rings (SSSR count). The zero-order chi connectivity index (χ0) is 18.6. The minimum Gasteiger partial charge on any atom is -0.496 e. The SMILES string of the molecule is COc1ccc(Cl)cc1C(=O)NC(=S)Nc1ccc([N+](=O)[O-])cc1Br. The van der Waals surface area contributed by atoms with Crippen LogP contribution in [0.15, 0.2) is 40.9 Å². The van der Waals surface area contributed by atoms with Crippen LogP contribution in [0.4, 0.5) is 11.4 Å². The molecule has 0 fully saturated rings. The van der Waals surface area contributed by atoms with Crippen molar-refractivity contribution >= 4 is 62.1 Å². The molecule has 10 heteroatoms. The second-order valence-corrected chi connectivity index (χ2v) is 6.37. The van der Waals surface area contributed by atoms with E-state index < -0.39 is 10.8 Å². The highest BCUT2D eigenvalue weighted by Gasteiger charge is 2.15. The molecule has 0 saturated carbocycles. The molecule has 0 aliphatic heterocycles. The third-order valence-electron chi connectivity index (χ3n) is 3.04. The van der Waals surface area contributed by atoms with E-state index in [0.717, 1.165) is 0 Å². The van der Waals surface area contributed by atoms with Gasteiger partial charge in [0.2, 0.25) is 0 Å². The number of thiocarbonyl (C=S) groups is 1. The van der Waals surface area contributed by atoms with Gasteiger partial charge in [-0.2, -0.15) is 0 Å². The van der Waals surface area contributed by atoms with Crippen LogP contribution in [-0.4, -0.2) is 23.1 Å². The van der Waals surface area contributed by atoms with Crippen LogP contribution in [0.3, 0.4) is 0 Å². The minimum absolute atomic E-state index is 0.0154. The number of nitro groups is 1. The number of rotatable bonds is 4. The van der Waals surface area contributed by atoms with Gasteiger partial charge in [-0.3, -0.25) is 20.2 Å². The highest BCUT2D eigenvalue weighted by atomic mass is 79.9. The largest absolute Gasteiger partial charge is 0.496 e. The standard InChI is InChI=1S/C15H11BrClN3O4S/c1-24-13-5-2-8(17)6-10(13)14(21)19-15(25)18-12-4-3-9(20(22)23)7-11(12)16/h2-7H,1H3,(H2,18,19,21,25). The van der Waals surface area contributed by atoms with Crippen molar-refractivity contribution in [3.05, 3.63) is 61.6 Å². The van der Waals surface area contributed by atoms with Crippen molar-refractivity contribution in [2.24, 2.45) is 0 Å². The zero-order valence-electron chi connectivity index (χ0n) is 12.7. The number of ether oxygens (including phenoxy) is 1. The summed E-state index contributed by atoms with van der Waals surface area (Å²) >= 11 is 14.2. The van der Waals surface area contributed by atoms with E-state index in [1.54, 1.807) is 12.1 Å². The van der Waals surface area contributed by atoms with Gasteiger partial charge in [-0.25, -0.2) is 0 Å². The predicted octanol–water partition coefficient (Wildman–Crippen LogP) is 4.15. The molecule has 7 nitrogen and oxygen atoms in total. The van der Waals surface area contributed by atoms with Crippen LogP contribution in [0.25, 0.3) is 0 Å². The van der Waals surface area contributed by atoms with Crippen LogP contribution in [-0.2, 0) is 0 Å². The molecule has 0 aliphatic rings. The lowest BCUT2D eigenvalue weighted by Gasteiger charge is -2.12. The molecule has 0 atom stereocenters. The summed E-state index contributed by atoms with van der Waals surface area (Å²) in [4.78, 5) is 22.5. The van der Waals surface area contributed by atoms with Crippen LogP contribution < -0.4 is 15.4 Å². The Hall–Kier alpha value is -2.23. The molecule has 130 valence electrons. The van der Waals surface area contributed by atoms with E-state index in [-0.39, 0.29) is 16.4 Å². The van der Waals surface area contributed by atoms with Gasteiger partial charge in [0.25, 0.3) is 11.6 Å². The van der Waals surface area contributed by atoms with E-state index in [2.05, 4.69) is 26.6 Å². The molecule has 0 spiro atoms. The average molecular weight is 445 g/mol. The van der Waals surface area contributed by atoms with Gasteiger partial charge in [-0.15, -0.1) is 0 Å². The van der Waals surface area contributed by atoms with Crippen molar-refractivity contribution in [2.45, 2.75) is 0 Å². The van der Waals surface area contributed by atoms with E-state index in [1.165, 1.54) is 31.4 Å². The number of halogens is 2. The number of benzene rings is 2.